The molecule has 2 atom stereocenters. The predicted octanol–water partition coefficient (Wildman–Crippen LogP) is 3.00. The zero-order valence-electron chi connectivity index (χ0n) is 6.27. The van der Waals surface area contributed by atoms with Gasteiger partial charge in [-0.2, -0.15) is 0 Å². The van der Waals surface area contributed by atoms with Crippen LogP contribution >= 0.6 is 0 Å². The van der Waals surface area contributed by atoms with Crippen LogP contribution < -0.4 is 0 Å². The van der Waals surface area contributed by atoms with E-state index < -0.39 is 0 Å². The Hall–Kier alpha value is -0.260. The van der Waals surface area contributed by atoms with Crippen LogP contribution in [0.3, 0.4) is 0 Å². The van der Waals surface area contributed by atoms with Crippen LogP contribution in [-0.2, 0) is 0 Å². The van der Waals surface area contributed by atoms with Crippen LogP contribution in [0.5, 0.6) is 0 Å². The Morgan fingerprint density at radius 2 is 2.00 bits per heavy atom. The van der Waals surface area contributed by atoms with Gasteiger partial charge in [-0.25, -0.2) is 0 Å². The zero-order chi connectivity index (χ0) is 6.69. The summed E-state index contributed by atoms with van der Waals surface area (Å²) in [6, 6.07) is 0. The van der Waals surface area contributed by atoms with Crippen molar-refractivity contribution in [2.45, 2.75) is 32.6 Å². The molecule has 0 amide bonds. The molecule has 0 aromatic heterocycles. The summed E-state index contributed by atoms with van der Waals surface area (Å²) >= 11 is 0. The average Bonchev–Trinajstić information content (AvgIpc) is 1.89. The normalized spacial score (nSPS) is 36.1. The molecule has 1 fully saturated rings. The van der Waals surface area contributed by atoms with Gasteiger partial charge in [0.15, 0.2) is 0 Å². The van der Waals surface area contributed by atoms with E-state index in [1.54, 1.807) is 0 Å². The Morgan fingerprint density at radius 1 is 1.33 bits per heavy atom. The molecule has 1 rings (SSSR count). The van der Waals surface area contributed by atoms with Crippen LogP contribution in [0.1, 0.15) is 32.6 Å². The first-order valence-electron chi connectivity index (χ1n) is 3.97. The quantitative estimate of drug-likeness (QED) is 0.471. The third-order valence-corrected chi connectivity index (χ3v) is 2.48. The van der Waals surface area contributed by atoms with Crippen LogP contribution in [0.2, 0.25) is 0 Å². The summed E-state index contributed by atoms with van der Waals surface area (Å²) in [6.07, 6.45) is 7.78. The van der Waals surface area contributed by atoms with Crippen molar-refractivity contribution in [3.63, 3.8) is 0 Å². The summed E-state index contributed by atoms with van der Waals surface area (Å²) in [7, 11) is 0. The Kier molecular flexibility index (Phi) is 2.32. The maximum Gasteiger partial charge on any atom is -0.0210 e. The molecule has 1 saturated carbocycles. The summed E-state index contributed by atoms with van der Waals surface area (Å²) in [5.41, 5.74) is 0. The molecule has 0 nitrogen and oxygen atoms in total. The first-order chi connectivity index (χ1) is 4.34. The van der Waals surface area contributed by atoms with Crippen molar-refractivity contribution in [3.8, 4) is 0 Å². The van der Waals surface area contributed by atoms with Crippen LogP contribution in [0.15, 0.2) is 12.7 Å². The number of allylic oxidation sites excluding steroid dienone is 1. The van der Waals surface area contributed by atoms with Crippen LogP contribution in [0.4, 0.5) is 0 Å². The molecule has 0 aromatic rings. The fourth-order valence-electron chi connectivity index (χ4n) is 1.70. The molecule has 1 aliphatic carbocycles. The molecule has 0 radical (unpaired) electrons. The molecule has 0 bridgehead atoms. The van der Waals surface area contributed by atoms with Crippen LogP contribution in [0, 0.1) is 11.8 Å². The smallest absolute Gasteiger partial charge is 0.0210 e. The first kappa shape index (κ1) is 6.85. The van der Waals surface area contributed by atoms with Crippen LogP contribution in [0.25, 0.3) is 0 Å². The van der Waals surface area contributed by atoms with Crippen molar-refractivity contribution in [3.05, 3.63) is 12.7 Å². The SMILES string of the molecule is C=CC1CCCCC1C. The molecule has 0 aromatic carbocycles. The highest BCUT2D eigenvalue weighted by Crippen LogP contribution is 2.29. The van der Waals surface area contributed by atoms with Gasteiger partial charge in [-0.1, -0.05) is 32.3 Å². The Labute approximate surface area is 58.0 Å². The number of hydrogen-bond donors (Lipinski definition) is 0. The van der Waals surface area contributed by atoms with E-state index in [1.165, 1.54) is 25.7 Å². The van der Waals surface area contributed by atoms with Gasteiger partial charge in [0, 0.05) is 0 Å². The first-order valence-corrected chi connectivity index (χ1v) is 3.97. The van der Waals surface area contributed by atoms with E-state index in [0.717, 1.165) is 11.8 Å². The van der Waals surface area contributed by atoms with E-state index in [1.807, 2.05) is 0 Å². The summed E-state index contributed by atoms with van der Waals surface area (Å²) in [4.78, 5) is 0. The predicted molar refractivity (Wildman–Crippen MR) is 41.3 cm³/mol. The van der Waals surface area contributed by atoms with Crippen molar-refractivity contribution in [2.24, 2.45) is 11.8 Å². The van der Waals surface area contributed by atoms with Crippen molar-refractivity contribution in [2.75, 3.05) is 0 Å². The molecule has 0 heteroatoms. The molecule has 2 unspecified atom stereocenters. The largest absolute Gasteiger partial charge is 0.103 e. The molecule has 0 spiro atoms. The van der Waals surface area contributed by atoms with E-state index in [2.05, 4.69) is 19.6 Å². The maximum absolute atomic E-state index is 3.83. The van der Waals surface area contributed by atoms with Gasteiger partial charge < -0.3 is 0 Å². The van der Waals surface area contributed by atoms with E-state index in [0.29, 0.717) is 0 Å². The lowest BCUT2D eigenvalue weighted by Crippen LogP contribution is -2.13. The van der Waals surface area contributed by atoms with Crippen molar-refractivity contribution in [1.29, 1.82) is 0 Å². The van der Waals surface area contributed by atoms with E-state index in [4.69, 9.17) is 0 Å². The van der Waals surface area contributed by atoms with Gasteiger partial charge in [-0.05, 0) is 18.3 Å². The number of hydrogen-bond acceptors (Lipinski definition) is 0. The third kappa shape index (κ3) is 1.57. The molecular weight excluding hydrogens is 108 g/mol. The third-order valence-electron chi connectivity index (χ3n) is 2.48. The second-order valence-electron chi connectivity index (χ2n) is 3.16. The molecule has 9 heavy (non-hydrogen) atoms. The van der Waals surface area contributed by atoms with Gasteiger partial charge in [0.25, 0.3) is 0 Å². The van der Waals surface area contributed by atoms with Gasteiger partial charge in [0.1, 0.15) is 0 Å². The average molecular weight is 124 g/mol. The lowest BCUT2D eigenvalue weighted by molar-refractivity contribution is 0.307. The Bertz CT molecular complexity index is 94.2. The van der Waals surface area contributed by atoms with Gasteiger partial charge in [-0.3, -0.25) is 0 Å². The van der Waals surface area contributed by atoms with Crippen LogP contribution in [-0.4, -0.2) is 0 Å². The van der Waals surface area contributed by atoms with E-state index >= 15 is 0 Å². The van der Waals surface area contributed by atoms with Gasteiger partial charge in [-0.15, -0.1) is 6.58 Å². The molecule has 0 heterocycles. The Morgan fingerprint density at radius 3 is 2.44 bits per heavy atom. The molecular formula is C9H16. The van der Waals surface area contributed by atoms with Gasteiger partial charge in [0.05, 0.1) is 0 Å². The zero-order valence-corrected chi connectivity index (χ0v) is 6.27. The second-order valence-corrected chi connectivity index (χ2v) is 3.16. The summed E-state index contributed by atoms with van der Waals surface area (Å²) in [6.45, 7) is 6.17. The van der Waals surface area contributed by atoms with Gasteiger partial charge >= 0.3 is 0 Å². The molecule has 1 aliphatic rings. The fraction of sp³-hybridized carbons (Fsp3) is 0.778. The standard InChI is InChI=1S/C9H16/c1-3-9-7-5-4-6-8(9)2/h3,8-9H,1,4-7H2,2H3. The topological polar surface area (TPSA) is 0 Å². The minimum absolute atomic E-state index is 0.818. The monoisotopic (exact) mass is 124 g/mol. The highest BCUT2D eigenvalue weighted by Gasteiger charge is 2.17. The molecule has 52 valence electrons. The molecule has 0 saturated heterocycles. The summed E-state index contributed by atoms with van der Waals surface area (Å²) in [5.74, 6) is 1.72. The molecule has 0 N–H and O–H groups in total. The van der Waals surface area contributed by atoms with E-state index in [-0.39, 0.29) is 0 Å². The maximum atomic E-state index is 3.83. The lowest BCUT2D eigenvalue weighted by Gasteiger charge is -2.25. The lowest BCUT2D eigenvalue weighted by atomic mass is 9.81. The van der Waals surface area contributed by atoms with E-state index in [9.17, 15) is 0 Å². The van der Waals surface area contributed by atoms with Gasteiger partial charge in [0.2, 0.25) is 0 Å². The van der Waals surface area contributed by atoms with Crippen molar-refractivity contribution >= 4 is 0 Å². The summed E-state index contributed by atoms with van der Waals surface area (Å²) in [5, 5.41) is 0. The minimum Gasteiger partial charge on any atom is -0.103 e. The summed E-state index contributed by atoms with van der Waals surface area (Å²) < 4.78 is 0. The van der Waals surface area contributed by atoms with Crippen molar-refractivity contribution in [1.82, 2.24) is 0 Å². The minimum atomic E-state index is 0.818. The van der Waals surface area contributed by atoms with Crippen molar-refractivity contribution < 1.29 is 0 Å². The molecule has 0 aliphatic heterocycles. The highest BCUT2D eigenvalue weighted by molar-refractivity contribution is 4.85. The fourth-order valence-corrected chi connectivity index (χ4v) is 1.70. The Balaban J connectivity index is 2.38. The highest BCUT2D eigenvalue weighted by atomic mass is 14.2. The second kappa shape index (κ2) is 3.05. The number of rotatable bonds is 1.